The van der Waals surface area contributed by atoms with E-state index in [1.807, 2.05) is 62.4 Å². The number of oxazole rings is 2. The molecule has 2 saturated carbocycles. The van der Waals surface area contributed by atoms with Gasteiger partial charge in [0.2, 0.25) is 0 Å². The average Bonchev–Trinajstić information content (AvgIpc) is 4.02. The summed E-state index contributed by atoms with van der Waals surface area (Å²) in [6, 6.07) is 14.9. The van der Waals surface area contributed by atoms with Gasteiger partial charge in [0.05, 0.1) is 30.4 Å². The molecule has 0 amide bonds. The molecule has 6 N–H and O–H groups in total. The van der Waals surface area contributed by atoms with Gasteiger partial charge in [-0.1, -0.05) is 49.9 Å². The number of carboxylic acid groups (broad SMARTS) is 2. The Labute approximate surface area is 337 Å². The zero-order chi connectivity index (χ0) is 39.9. The van der Waals surface area contributed by atoms with E-state index >= 15 is 0 Å². The molecule has 2 aromatic heterocycles. The second-order valence-corrected chi connectivity index (χ2v) is 16.5. The van der Waals surface area contributed by atoms with Crippen LogP contribution in [0.4, 0.5) is 0 Å². The number of aromatic nitrogens is 2. The van der Waals surface area contributed by atoms with Gasteiger partial charge in [0, 0.05) is 48.8 Å². The molecule has 0 radical (unpaired) electrons. The molecular weight excluding hydrogens is 753 g/mol. The van der Waals surface area contributed by atoms with E-state index in [0.717, 1.165) is 63.7 Å². The van der Waals surface area contributed by atoms with Gasteiger partial charge < -0.3 is 40.0 Å². The number of aryl methyl sites for hydroxylation is 2. The number of benzene rings is 2. The van der Waals surface area contributed by atoms with E-state index in [1.54, 1.807) is 0 Å². The first-order chi connectivity index (χ1) is 27.1. The van der Waals surface area contributed by atoms with Crippen LogP contribution in [0.2, 0.25) is 0 Å². The van der Waals surface area contributed by atoms with Crippen LogP contribution >= 0.6 is 23.5 Å². The number of carboxylic acids is 2. The third-order valence-corrected chi connectivity index (χ3v) is 12.5. The van der Waals surface area contributed by atoms with Gasteiger partial charge in [-0.05, 0) is 74.9 Å². The fourth-order valence-electron chi connectivity index (χ4n) is 6.98. The number of thioether (sulfide) groups is 2. The summed E-state index contributed by atoms with van der Waals surface area (Å²) in [6.45, 7) is 5.12. The molecular formula is C42H56N4O8S2. The third-order valence-electron chi connectivity index (χ3n) is 10.1. The van der Waals surface area contributed by atoms with Crippen LogP contribution in [0.15, 0.2) is 57.4 Å². The molecule has 2 heterocycles. The highest BCUT2D eigenvalue weighted by Gasteiger charge is 2.26. The van der Waals surface area contributed by atoms with Crippen LogP contribution in [0.5, 0.6) is 11.5 Å². The molecule has 14 heteroatoms. The van der Waals surface area contributed by atoms with Crippen molar-refractivity contribution in [3.8, 4) is 11.5 Å². The van der Waals surface area contributed by atoms with E-state index in [9.17, 15) is 14.7 Å². The first-order valence-electron chi connectivity index (χ1n) is 19.5. The fraction of sp³-hybridized carbons (Fsp3) is 0.524. The lowest BCUT2D eigenvalue weighted by molar-refractivity contribution is -0.137. The molecule has 0 spiro atoms. The van der Waals surface area contributed by atoms with Crippen molar-refractivity contribution >= 4 is 35.5 Å². The number of hydrogen-bond acceptors (Lipinski definition) is 12. The number of carbonyl (C=O) groups is 2. The van der Waals surface area contributed by atoms with Gasteiger partial charge in [0.25, 0.3) is 0 Å². The highest BCUT2D eigenvalue weighted by molar-refractivity contribution is 8.00. The minimum atomic E-state index is -0.940. The highest BCUT2D eigenvalue weighted by Crippen LogP contribution is 2.35. The van der Waals surface area contributed by atoms with Crippen LogP contribution in [-0.4, -0.2) is 68.9 Å². The number of nitrogens with two attached hydrogens (primary N) is 2. The molecule has 56 heavy (non-hydrogen) atoms. The monoisotopic (exact) mass is 808 g/mol. The largest absolute Gasteiger partial charge is 0.493 e. The molecule has 6 rings (SSSR count). The van der Waals surface area contributed by atoms with Crippen molar-refractivity contribution in [1.82, 2.24) is 9.97 Å². The van der Waals surface area contributed by atoms with Gasteiger partial charge in [0.15, 0.2) is 11.8 Å². The molecule has 2 aliphatic rings. The molecule has 2 aliphatic carbocycles. The average molecular weight is 809 g/mol. The highest BCUT2D eigenvalue weighted by atomic mass is 32.2. The second kappa shape index (κ2) is 22.1. The van der Waals surface area contributed by atoms with Crippen LogP contribution in [0.25, 0.3) is 0 Å². The van der Waals surface area contributed by atoms with Gasteiger partial charge in [-0.2, -0.15) is 0 Å². The Morgan fingerprint density at radius 2 is 1.29 bits per heavy atom. The topological polar surface area (TPSA) is 197 Å². The maximum atomic E-state index is 11.4. The number of rotatable bonds is 20. The van der Waals surface area contributed by atoms with Crippen LogP contribution in [0.3, 0.4) is 0 Å². The Morgan fingerprint density at radius 3 is 1.73 bits per heavy atom. The molecule has 4 aromatic rings. The lowest BCUT2D eigenvalue weighted by atomic mass is 10.1. The van der Waals surface area contributed by atoms with Gasteiger partial charge in [-0.25, -0.2) is 9.97 Å². The summed E-state index contributed by atoms with van der Waals surface area (Å²) < 4.78 is 23.5. The first-order valence-corrected chi connectivity index (χ1v) is 21.7. The summed E-state index contributed by atoms with van der Waals surface area (Å²) in [5, 5.41) is 17.3. The quantitative estimate of drug-likeness (QED) is 0.0674. The molecule has 12 nitrogen and oxygen atoms in total. The Morgan fingerprint density at radius 1 is 0.804 bits per heavy atom. The van der Waals surface area contributed by atoms with Crippen LogP contribution < -0.4 is 20.9 Å². The third kappa shape index (κ3) is 13.3. The lowest BCUT2D eigenvalue weighted by Gasteiger charge is -2.18. The van der Waals surface area contributed by atoms with Crippen molar-refractivity contribution in [2.45, 2.75) is 113 Å². The zero-order valence-electron chi connectivity index (χ0n) is 32.5. The van der Waals surface area contributed by atoms with Crippen molar-refractivity contribution < 1.29 is 38.1 Å². The molecule has 304 valence electrons. The minimum absolute atomic E-state index is 0.111. The molecule has 2 atom stereocenters. The molecule has 0 aliphatic heterocycles. The zero-order valence-corrected chi connectivity index (χ0v) is 34.1. The Balaban J connectivity index is 0.000000216. The van der Waals surface area contributed by atoms with Crippen molar-refractivity contribution in [3.05, 3.63) is 94.3 Å². The lowest BCUT2D eigenvalue weighted by Crippen LogP contribution is -2.43. The van der Waals surface area contributed by atoms with E-state index < -0.39 is 23.2 Å². The van der Waals surface area contributed by atoms with E-state index in [-0.39, 0.29) is 12.3 Å². The van der Waals surface area contributed by atoms with Gasteiger partial charge in [-0.3, -0.25) is 9.59 Å². The van der Waals surface area contributed by atoms with Crippen LogP contribution in [0.1, 0.15) is 109 Å². The first kappa shape index (κ1) is 43.1. The summed E-state index contributed by atoms with van der Waals surface area (Å²) in [4.78, 5) is 31.4. The summed E-state index contributed by atoms with van der Waals surface area (Å²) >= 11 is 2.66. The second-order valence-electron chi connectivity index (χ2n) is 14.4. The van der Waals surface area contributed by atoms with Gasteiger partial charge in [0.1, 0.15) is 28.3 Å². The van der Waals surface area contributed by atoms with E-state index in [4.69, 9.17) is 44.8 Å². The standard InChI is InChI=1S/C22H31N3O4S.C20H25NO4S/c1-14-19(25-21(29-14)16-6-2-3-7-16)9-10-28-17-8-4-5-15(11-17)13-30-20(22(26)27)18(24)12-23;1-14-18(21-20(25-14)16-6-2-3-7-16)9-10-24-17-8-4-5-15(11-17)12-26-13-19(22)23/h4-5,8,11,16,18,20H,2-3,6-7,9-10,12-13,23-24H2,1H3,(H,26,27);4-5,8,11,16H,2-3,6-7,9-10,12-13H2,1H3,(H,22,23). The van der Waals surface area contributed by atoms with E-state index in [0.29, 0.717) is 43.0 Å². The summed E-state index contributed by atoms with van der Waals surface area (Å²) in [7, 11) is 0. The Bertz CT molecular complexity index is 1840. The van der Waals surface area contributed by atoms with Gasteiger partial charge >= 0.3 is 11.9 Å². The molecule has 2 aromatic carbocycles. The van der Waals surface area contributed by atoms with E-state index in [2.05, 4.69) is 0 Å². The van der Waals surface area contributed by atoms with Crippen LogP contribution in [0, 0.1) is 13.8 Å². The molecule has 0 saturated heterocycles. The number of hydrogen-bond donors (Lipinski definition) is 4. The molecule has 0 bridgehead atoms. The predicted octanol–water partition coefficient (Wildman–Crippen LogP) is 7.81. The number of ether oxygens (including phenoxy) is 2. The Hall–Kier alpha value is -3.98. The number of aliphatic carboxylic acids is 2. The maximum Gasteiger partial charge on any atom is 0.318 e. The molecule has 2 unspecified atom stereocenters. The summed E-state index contributed by atoms with van der Waals surface area (Å²) in [6.07, 6.45) is 11.2. The smallest absolute Gasteiger partial charge is 0.318 e. The summed E-state index contributed by atoms with van der Waals surface area (Å²) in [5.41, 5.74) is 15.3. The predicted molar refractivity (Wildman–Crippen MR) is 220 cm³/mol. The summed E-state index contributed by atoms with van der Waals surface area (Å²) in [5.74, 6) is 5.62. The minimum Gasteiger partial charge on any atom is -0.493 e. The normalized spacial score (nSPS) is 15.6. The van der Waals surface area contributed by atoms with Crippen molar-refractivity contribution in [3.63, 3.8) is 0 Å². The van der Waals surface area contributed by atoms with Crippen molar-refractivity contribution in [2.75, 3.05) is 25.5 Å². The van der Waals surface area contributed by atoms with Crippen molar-refractivity contribution in [1.29, 1.82) is 0 Å². The molecule has 2 fully saturated rings. The van der Waals surface area contributed by atoms with Crippen LogP contribution in [-0.2, 0) is 33.9 Å². The maximum absolute atomic E-state index is 11.4. The van der Waals surface area contributed by atoms with Crippen molar-refractivity contribution in [2.24, 2.45) is 11.5 Å². The Kier molecular flexibility index (Phi) is 17.0. The fourth-order valence-corrected chi connectivity index (χ4v) is 8.73. The van der Waals surface area contributed by atoms with E-state index in [1.165, 1.54) is 74.9 Å². The van der Waals surface area contributed by atoms with Gasteiger partial charge in [-0.15, -0.1) is 23.5 Å². The number of nitrogens with zero attached hydrogens (tertiary/aromatic N) is 2. The SMILES string of the molecule is Cc1oc(C2CCCC2)nc1CCOc1cccc(CSC(C(=O)O)C(N)CN)c1.Cc1oc(C2CCCC2)nc1CCOc1cccc(CSCC(=O)O)c1.